The maximum Gasteiger partial charge on any atom is 0.136 e. The molecule has 2 aromatic heterocycles. The van der Waals surface area contributed by atoms with Crippen LogP contribution < -0.4 is 0 Å². The summed E-state index contributed by atoms with van der Waals surface area (Å²) in [5.41, 5.74) is 1.75. The predicted octanol–water partition coefficient (Wildman–Crippen LogP) is 3.92. The van der Waals surface area contributed by atoms with Gasteiger partial charge in [-0.05, 0) is 31.9 Å². The number of hydrogen-bond donors (Lipinski definition) is 0. The van der Waals surface area contributed by atoms with Crippen molar-refractivity contribution in [1.82, 2.24) is 9.97 Å². The number of nitrogens with zero attached hydrogens (tertiary/aromatic N) is 3. The number of halogens is 1. The van der Waals surface area contributed by atoms with Gasteiger partial charge in [0.05, 0.1) is 10.6 Å². The van der Waals surface area contributed by atoms with Crippen LogP contribution >= 0.6 is 22.9 Å². The van der Waals surface area contributed by atoms with Gasteiger partial charge in [-0.25, -0.2) is 9.97 Å². The van der Waals surface area contributed by atoms with Crippen molar-refractivity contribution in [3.05, 3.63) is 33.6 Å². The van der Waals surface area contributed by atoms with Crippen LogP contribution in [0.2, 0.25) is 5.15 Å². The Bertz CT molecular complexity index is 653. The lowest BCUT2D eigenvalue weighted by atomic mass is 10.2. The fourth-order valence-electron chi connectivity index (χ4n) is 1.79. The highest BCUT2D eigenvalue weighted by molar-refractivity contribution is 7.16. The standard InChI is InChI=1S/C13H10ClN3S/c1-7-11(10-5-4-9(6-15)18-10)16-13(8-2-3-8)17-12(7)14/h4-5,8H,2-3H2,1H3. The summed E-state index contributed by atoms with van der Waals surface area (Å²) in [5, 5.41) is 9.40. The molecule has 0 spiro atoms. The minimum atomic E-state index is 0.470. The molecule has 1 fully saturated rings. The van der Waals surface area contributed by atoms with E-state index in [1.54, 1.807) is 0 Å². The monoisotopic (exact) mass is 275 g/mol. The van der Waals surface area contributed by atoms with Crippen LogP contribution in [-0.4, -0.2) is 9.97 Å². The zero-order valence-electron chi connectivity index (χ0n) is 9.77. The van der Waals surface area contributed by atoms with Crippen LogP contribution in [0, 0.1) is 18.3 Å². The number of hydrogen-bond acceptors (Lipinski definition) is 4. The highest BCUT2D eigenvalue weighted by Gasteiger charge is 2.28. The van der Waals surface area contributed by atoms with Gasteiger partial charge in [0.2, 0.25) is 0 Å². The van der Waals surface area contributed by atoms with Crippen molar-refractivity contribution in [3.63, 3.8) is 0 Å². The summed E-state index contributed by atoms with van der Waals surface area (Å²) in [6, 6.07) is 5.88. The molecule has 0 bridgehead atoms. The fraction of sp³-hybridized carbons (Fsp3) is 0.308. The molecule has 0 saturated heterocycles. The lowest BCUT2D eigenvalue weighted by Crippen LogP contribution is -1.98. The Labute approximate surface area is 114 Å². The largest absolute Gasteiger partial charge is 0.231 e. The molecule has 2 heterocycles. The Morgan fingerprint density at radius 3 is 2.78 bits per heavy atom. The third kappa shape index (κ3) is 2.00. The van der Waals surface area contributed by atoms with Crippen molar-refractivity contribution in [1.29, 1.82) is 5.26 Å². The van der Waals surface area contributed by atoms with E-state index in [2.05, 4.69) is 16.0 Å². The first kappa shape index (κ1) is 11.6. The average Bonchev–Trinajstić information content (AvgIpc) is 3.11. The molecule has 0 N–H and O–H groups in total. The van der Waals surface area contributed by atoms with E-state index in [-0.39, 0.29) is 0 Å². The van der Waals surface area contributed by atoms with Gasteiger partial charge in [-0.15, -0.1) is 11.3 Å². The maximum atomic E-state index is 8.88. The summed E-state index contributed by atoms with van der Waals surface area (Å²) in [7, 11) is 0. The summed E-state index contributed by atoms with van der Waals surface area (Å²) in [5.74, 6) is 1.31. The van der Waals surface area contributed by atoms with E-state index in [1.807, 2.05) is 19.1 Å². The van der Waals surface area contributed by atoms with Gasteiger partial charge < -0.3 is 0 Å². The average molecular weight is 276 g/mol. The summed E-state index contributed by atoms with van der Waals surface area (Å²) in [6.45, 7) is 1.92. The van der Waals surface area contributed by atoms with Crippen molar-refractivity contribution in [2.45, 2.75) is 25.7 Å². The molecule has 0 amide bonds. The Morgan fingerprint density at radius 1 is 1.39 bits per heavy atom. The molecule has 18 heavy (non-hydrogen) atoms. The van der Waals surface area contributed by atoms with Gasteiger partial charge in [0.15, 0.2) is 0 Å². The predicted molar refractivity (Wildman–Crippen MR) is 71.8 cm³/mol. The van der Waals surface area contributed by atoms with Gasteiger partial charge in [-0.1, -0.05) is 11.6 Å². The molecule has 2 aromatic rings. The molecule has 0 radical (unpaired) electrons. The van der Waals surface area contributed by atoms with Crippen LogP contribution in [0.1, 0.15) is 35.0 Å². The van der Waals surface area contributed by atoms with Gasteiger partial charge in [-0.3, -0.25) is 0 Å². The van der Waals surface area contributed by atoms with E-state index in [0.29, 0.717) is 15.9 Å². The van der Waals surface area contributed by atoms with Crippen molar-refractivity contribution in [2.24, 2.45) is 0 Å². The van der Waals surface area contributed by atoms with Crippen molar-refractivity contribution in [3.8, 4) is 16.6 Å². The second-order valence-corrected chi connectivity index (χ2v) is 5.84. The molecule has 3 nitrogen and oxygen atoms in total. The van der Waals surface area contributed by atoms with Crippen LogP contribution in [0.5, 0.6) is 0 Å². The smallest absolute Gasteiger partial charge is 0.136 e. The van der Waals surface area contributed by atoms with E-state index < -0.39 is 0 Å². The highest BCUT2D eigenvalue weighted by atomic mass is 35.5. The lowest BCUT2D eigenvalue weighted by Gasteiger charge is -2.07. The molecule has 0 atom stereocenters. The summed E-state index contributed by atoms with van der Waals surface area (Å²) >= 11 is 7.61. The Hall–Kier alpha value is -1.44. The van der Waals surface area contributed by atoms with Gasteiger partial charge in [0, 0.05) is 11.5 Å². The van der Waals surface area contributed by atoms with E-state index in [1.165, 1.54) is 11.3 Å². The van der Waals surface area contributed by atoms with Gasteiger partial charge >= 0.3 is 0 Å². The van der Waals surface area contributed by atoms with Gasteiger partial charge in [0.1, 0.15) is 21.9 Å². The summed E-state index contributed by atoms with van der Waals surface area (Å²) in [6.07, 6.45) is 2.29. The fourth-order valence-corrected chi connectivity index (χ4v) is 2.82. The quantitative estimate of drug-likeness (QED) is 0.781. The lowest BCUT2D eigenvalue weighted by molar-refractivity contribution is 0.923. The molecule has 0 unspecified atom stereocenters. The van der Waals surface area contributed by atoms with E-state index >= 15 is 0 Å². The molecular weight excluding hydrogens is 266 g/mol. The molecular formula is C13H10ClN3S. The van der Waals surface area contributed by atoms with Crippen LogP contribution in [0.25, 0.3) is 10.6 Å². The van der Waals surface area contributed by atoms with Crippen LogP contribution in [0.3, 0.4) is 0 Å². The number of nitriles is 1. The maximum absolute atomic E-state index is 8.88. The zero-order chi connectivity index (χ0) is 12.7. The molecule has 1 aliphatic rings. The Morgan fingerprint density at radius 2 is 2.17 bits per heavy atom. The third-order valence-electron chi connectivity index (χ3n) is 3.00. The molecule has 3 rings (SSSR count). The van der Waals surface area contributed by atoms with E-state index in [9.17, 15) is 0 Å². The Kier molecular flexibility index (Phi) is 2.81. The van der Waals surface area contributed by atoms with Crippen molar-refractivity contribution < 1.29 is 0 Å². The van der Waals surface area contributed by atoms with E-state index in [0.717, 1.165) is 34.8 Å². The molecule has 0 aliphatic heterocycles. The first-order valence-electron chi connectivity index (χ1n) is 5.73. The molecule has 1 saturated carbocycles. The minimum absolute atomic E-state index is 0.470. The van der Waals surface area contributed by atoms with Crippen LogP contribution in [0.15, 0.2) is 12.1 Å². The highest BCUT2D eigenvalue weighted by Crippen LogP contribution is 2.40. The van der Waals surface area contributed by atoms with Crippen LogP contribution in [-0.2, 0) is 0 Å². The first-order chi connectivity index (χ1) is 8.69. The van der Waals surface area contributed by atoms with Gasteiger partial charge in [-0.2, -0.15) is 5.26 Å². The SMILES string of the molecule is Cc1c(Cl)nc(C2CC2)nc1-c1ccc(C#N)s1. The topological polar surface area (TPSA) is 49.6 Å². The van der Waals surface area contributed by atoms with Crippen molar-refractivity contribution in [2.75, 3.05) is 0 Å². The first-order valence-corrected chi connectivity index (χ1v) is 6.93. The molecule has 0 aromatic carbocycles. The van der Waals surface area contributed by atoms with E-state index in [4.69, 9.17) is 16.9 Å². The second-order valence-electron chi connectivity index (χ2n) is 4.40. The zero-order valence-corrected chi connectivity index (χ0v) is 11.3. The second kappa shape index (κ2) is 4.34. The molecule has 5 heteroatoms. The minimum Gasteiger partial charge on any atom is -0.231 e. The number of thiophene rings is 1. The number of rotatable bonds is 2. The summed E-state index contributed by atoms with van der Waals surface area (Å²) in [4.78, 5) is 10.6. The van der Waals surface area contributed by atoms with Gasteiger partial charge in [0.25, 0.3) is 0 Å². The normalized spacial score (nSPS) is 14.5. The van der Waals surface area contributed by atoms with Crippen molar-refractivity contribution >= 4 is 22.9 Å². The van der Waals surface area contributed by atoms with Crippen LogP contribution in [0.4, 0.5) is 0 Å². The number of aromatic nitrogens is 2. The molecule has 1 aliphatic carbocycles. The molecule has 90 valence electrons. The Balaban J connectivity index is 2.12. The third-order valence-corrected chi connectivity index (χ3v) is 4.36. The summed E-state index contributed by atoms with van der Waals surface area (Å²) < 4.78 is 0.